The molecule has 1 aromatic heterocycles. The number of carbonyl (C=O) groups is 1. The second-order valence-electron chi connectivity index (χ2n) is 7.54. The number of ether oxygens (including phenoxy) is 2. The highest BCUT2D eigenvalue weighted by Crippen LogP contribution is 2.28. The van der Waals surface area contributed by atoms with Gasteiger partial charge in [0.25, 0.3) is 5.91 Å². The minimum absolute atomic E-state index is 0.0172. The molecule has 6 heteroatoms. The van der Waals surface area contributed by atoms with E-state index in [-0.39, 0.29) is 12.1 Å². The van der Waals surface area contributed by atoms with Crippen LogP contribution in [0.25, 0.3) is 6.08 Å². The Morgan fingerprint density at radius 1 is 1.09 bits per heavy atom. The fraction of sp³-hybridized carbons (Fsp3) is 0.259. The quantitative estimate of drug-likeness (QED) is 0.241. The molecule has 0 saturated heterocycles. The van der Waals surface area contributed by atoms with Gasteiger partial charge in [-0.2, -0.15) is 5.26 Å². The number of nitriles is 1. The molecule has 1 N–H and O–H groups in total. The van der Waals surface area contributed by atoms with Crippen molar-refractivity contribution in [2.45, 2.75) is 32.7 Å². The van der Waals surface area contributed by atoms with Gasteiger partial charge in [0.05, 0.1) is 12.8 Å². The average Bonchev–Trinajstić information content (AvgIpc) is 3.38. The van der Waals surface area contributed by atoms with Gasteiger partial charge in [0.15, 0.2) is 0 Å². The molecular formula is C27H28N2O4. The molecule has 0 saturated carbocycles. The van der Waals surface area contributed by atoms with Crippen molar-refractivity contribution in [2.24, 2.45) is 0 Å². The van der Waals surface area contributed by atoms with Gasteiger partial charge in [-0.15, -0.1) is 0 Å². The predicted octanol–water partition coefficient (Wildman–Crippen LogP) is 5.47. The molecule has 0 bridgehead atoms. The molecular weight excluding hydrogens is 416 g/mol. The van der Waals surface area contributed by atoms with Crippen LogP contribution >= 0.6 is 0 Å². The van der Waals surface area contributed by atoms with Crippen molar-refractivity contribution < 1.29 is 18.7 Å². The summed E-state index contributed by atoms with van der Waals surface area (Å²) in [6.07, 6.45) is 4.12. The van der Waals surface area contributed by atoms with E-state index in [4.69, 9.17) is 13.9 Å². The van der Waals surface area contributed by atoms with Crippen LogP contribution in [0.5, 0.6) is 11.5 Å². The number of hydrogen-bond acceptors (Lipinski definition) is 5. The molecule has 3 rings (SSSR count). The van der Waals surface area contributed by atoms with E-state index in [2.05, 4.69) is 25.2 Å². The standard InChI is InChI=1S/C27H28N2O4/c1-3-20(2)25-8-4-5-9-26(25)33-16-15-32-23-12-10-21(11-13-23)17-22(18-28)27(30)29-19-24-7-6-14-31-24/h4-14,17,20H,3,15-16,19H2,1-2H3,(H,29,30)/b22-17+/t20-/m0/s1. The Morgan fingerprint density at radius 2 is 1.85 bits per heavy atom. The number of carbonyl (C=O) groups excluding carboxylic acids is 1. The Bertz CT molecular complexity index is 1100. The molecule has 0 spiro atoms. The van der Waals surface area contributed by atoms with Crippen molar-refractivity contribution in [2.75, 3.05) is 13.2 Å². The number of benzene rings is 2. The lowest BCUT2D eigenvalue weighted by atomic mass is 9.98. The maximum absolute atomic E-state index is 12.2. The monoisotopic (exact) mass is 444 g/mol. The third kappa shape index (κ3) is 7.01. The Morgan fingerprint density at radius 3 is 2.55 bits per heavy atom. The molecule has 0 aliphatic rings. The number of amides is 1. The molecule has 0 unspecified atom stereocenters. The summed E-state index contributed by atoms with van der Waals surface area (Å²) in [6, 6.07) is 20.7. The largest absolute Gasteiger partial charge is 0.490 e. The normalized spacial score (nSPS) is 12.0. The molecule has 0 fully saturated rings. The van der Waals surface area contributed by atoms with Crippen molar-refractivity contribution in [1.29, 1.82) is 5.26 Å². The highest BCUT2D eigenvalue weighted by atomic mass is 16.5. The molecule has 0 aliphatic heterocycles. The maximum Gasteiger partial charge on any atom is 0.262 e. The van der Waals surface area contributed by atoms with E-state index in [0.717, 1.165) is 17.7 Å². The van der Waals surface area contributed by atoms with Crippen LogP contribution in [0.15, 0.2) is 76.9 Å². The first kappa shape index (κ1) is 23.7. The zero-order valence-corrected chi connectivity index (χ0v) is 18.9. The molecule has 3 aromatic rings. The van der Waals surface area contributed by atoms with E-state index in [1.807, 2.05) is 24.3 Å². The maximum atomic E-state index is 12.2. The average molecular weight is 445 g/mol. The summed E-state index contributed by atoms with van der Waals surface area (Å²) in [7, 11) is 0. The van der Waals surface area contributed by atoms with Crippen molar-refractivity contribution in [3.05, 3.63) is 89.4 Å². The van der Waals surface area contributed by atoms with Crippen LogP contribution in [-0.2, 0) is 11.3 Å². The summed E-state index contributed by atoms with van der Waals surface area (Å²) in [5.41, 5.74) is 1.95. The van der Waals surface area contributed by atoms with E-state index in [1.54, 1.807) is 36.4 Å². The van der Waals surface area contributed by atoms with E-state index in [0.29, 0.717) is 30.6 Å². The third-order valence-corrected chi connectivity index (χ3v) is 5.23. The van der Waals surface area contributed by atoms with Crippen molar-refractivity contribution in [1.82, 2.24) is 5.32 Å². The van der Waals surface area contributed by atoms with E-state index in [1.165, 1.54) is 17.9 Å². The van der Waals surface area contributed by atoms with Gasteiger partial charge in [-0.25, -0.2) is 0 Å². The minimum Gasteiger partial charge on any atom is -0.490 e. The minimum atomic E-state index is -0.455. The first-order chi connectivity index (χ1) is 16.1. The molecule has 1 amide bonds. The lowest BCUT2D eigenvalue weighted by molar-refractivity contribution is -0.117. The van der Waals surface area contributed by atoms with Crippen molar-refractivity contribution in [3.63, 3.8) is 0 Å². The Balaban J connectivity index is 1.49. The van der Waals surface area contributed by atoms with Crippen LogP contribution in [0.4, 0.5) is 0 Å². The third-order valence-electron chi connectivity index (χ3n) is 5.23. The molecule has 1 atom stereocenters. The number of para-hydroxylation sites is 1. The summed E-state index contributed by atoms with van der Waals surface area (Å²) in [5, 5.41) is 12.0. The van der Waals surface area contributed by atoms with E-state index >= 15 is 0 Å². The first-order valence-corrected chi connectivity index (χ1v) is 11.0. The van der Waals surface area contributed by atoms with Crippen LogP contribution in [0.3, 0.4) is 0 Å². The van der Waals surface area contributed by atoms with Gasteiger partial charge in [-0.3, -0.25) is 4.79 Å². The second-order valence-corrected chi connectivity index (χ2v) is 7.54. The van der Waals surface area contributed by atoms with Crippen LogP contribution in [0.2, 0.25) is 0 Å². The highest BCUT2D eigenvalue weighted by Gasteiger charge is 2.10. The van der Waals surface area contributed by atoms with Crippen LogP contribution in [0.1, 0.15) is 43.1 Å². The van der Waals surface area contributed by atoms with Gasteiger partial charge in [0.1, 0.15) is 42.1 Å². The van der Waals surface area contributed by atoms with Crippen molar-refractivity contribution in [3.8, 4) is 17.6 Å². The van der Waals surface area contributed by atoms with Gasteiger partial charge in [-0.05, 0) is 59.9 Å². The van der Waals surface area contributed by atoms with Crippen LogP contribution < -0.4 is 14.8 Å². The number of nitrogens with zero attached hydrogens (tertiary/aromatic N) is 1. The number of furan rings is 1. The van der Waals surface area contributed by atoms with Crippen LogP contribution in [-0.4, -0.2) is 19.1 Å². The smallest absolute Gasteiger partial charge is 0.262 e. The fourth-order valence-electron chi connectivity index (χ4n) is 3.20. The Hall–Kier alpha value is -3.98. The highest BCUT2D eigenvalue weighted by molar-refractivity contribution is 6.01. The zero-order chi connectivity index (χ0) is 23.5. The SMILES string of the molecule is CC[C@H](C)c1ccccc1OCCOc1ccc(/C=C(\C#N)C(=O)NCc2ccco2)cc1. The van der Waals surface area contributed by atoms with Gasteiger partial charge in [-0.1, -0.05) is 44.2 Å². The zero-order valence-electron chi connectivity index (χ0n) is 18.9. The second kappa shape index (κ2) is 12.2. The first-order valence-electron chi connectivity index (χ1n) is 11.0. The summed E-state index contributed by atoms with van der Waals surface area (Å²) in [4.78, 5) is 12.2. The van der Waals surface area contributed by atoms with Gasteiger partial charge in [0.2, 0.25) is 0 Å². The molecule has 33 heavy (non-hydrogen) atoms. The lowest BCUT2D eigenvalue weighted by Crippen LogP contribution is -2.23. The molecule has 1 heterocycles. The number of rotatable bonds is 11. The van der Waals surface area contributed by atoms with Gasteiger partial charge >= 0.3 is 0 Å². The van der Waals surface area contributed by atoms with Crippen molar-refractivity contribution >= 4 is 12.0 Å². The van der Waals surface area contributed by atoms with E-state index in [9.17, 15) is 10.1 Å². The predicted molar refractivity (Wildman–Crippen MR) is 127 cm³/mol. The summed E-state index contributed by atoms with van der Waals surface area (Å²) < 4.78 is 16.9. The Kier molecular flexibility index (Phi) is 8.72. The van der Waals surface area contributed by atoms with Gasteiger partial charge in [0, 0.05) is 0 Å². The number of hydrogen-bond donors (Lipinski definition) is 1. The fourth-order valence-corrected chi connectivity index (χ4v) is 3.20. The molecule has 0 radical (unpaired) electrons. The molecule has 170 valence electrons. The lowest BCUT2D eigenvalue weighted by Gasteiger charge is -2.16. The number of nitrogens with one attached hydrogen (secondary N) is 1. The topological polar surface area (TPSA) is 84.5 Å². The summed E-state index contributed by atoms with van der Waals surface area (Å²) >= 11 is 0. The van der Waals surface area contributed by atoms with E-state index < -0.39 is 5.91 Å². The molecule has 6 nitrogen and oxygen atoms in total. The summed E-state index contributed by atoms with van der Waals surface area (Å²) in [5.74, 6) is 2.18. The molecule has 0 aliphatic carbocycles. The summed E-state index contributed by atoms with van der Waals surface area (Å²) in [6.45, 7) is 5.42. The Labute approximate surface area is 194 Å². The van der Waals surface area contributed by atoms with Gasteiger partial charge < -0.3 is 19.2 Å². The van der Waals surface area contributed by atoms with Crippen LogP contribution in [0, 0.1) is 11.3 Å². The molecule has 2 aromatic carbocycles.